The fourth-order valence-corrected chi connectivity index (χ4v) is 2.33. The topological polar surface area (TPSA) is 121 Å². The van der Waals surface area contributed by atoms with Gasteiger partial charge in [0.25, 0.3) is 0 Å². The van der Waals surface area contributed by atoms with Crippen LogP contribution < -0.4 is 10.2 Å². The molecule has 0 atom stereocenters. The second-order valence-corrected chi connectivity index (χ2v) is 7.51. The van der Waals surface area contributed by atoms with E-state index in [1.165, 1.54) is 9.80 Å². The Hall–Kier alpha value is -1.38. The Bertz CT molecular complexity index is 556. The molecule has 0 saturated carbocycles. The van der Waals surface area contributed by atoms with Gasteiger partial charge in [-0.05, 0) is 12.8 Å². The van der Waals surface area contributed by atoms with Gasteiger partial charge in [0, 0.05) is 64.8 Å². The van der Waals surface area contributed by atoms with Crippen LogP contribution in [-0.2, 0) is 19.2 Å². The molecule has 8 nitrogen and oxygen atoms in total. The van der Waals surface area contributed by atoms with Crippen LogP contribution in [0.15, 0.2) is 24.3 Å². The second kappa shape index (κ2) is 25.2. The number of hydrogen-bond acceptors (Lipinski definition) is 6. The standard InChI is InChI=1S/2C12H21NO3.Ca/c2*1-3-4-5-6-7-8-11(14)13(2)10-9-12(15)16;/h2*6-7H,3-5,8-10H2,1-2H3,(H,15,16);/q;;+2/p-2/b2*7-6+;. The van der Waals surface area contributed by atoms with Crippen LogP contribution in [-0.4, -0.2) is 98.5 Å². The molecule has 0 N–H and O–H groups in total. The molecule has 0 aliphatic heterocycles. The molecule has 0 aromatic rings. The van der Waals surface area contributed by atoms with Crippen LogP contribution in [0.4, 0.5) is 0 Å². The summed E-state index contributed by atoms with van der Waals surface area (Å²) in [4.78, 5) is 46.1. The van der Waals surface area contributed by atoms with Gasteiger partial charge in [-0.2, -0.15) is 0 Å². The summed E-state index contributed by atoms with van der Waals surface area (Å²) >= 11 is 0. The molecular formula is C24H40CaN2O6. The summed E-state index contributed by atoms with van der Waals surface area (Å²) in [6.45, 7) is 4.66. The number of carbonyl (C=O) groups is 4. The number of hydrogen-bond donors (Lipinski definition) is 0. The van der Waals surface area contributed by atoms with Crippen molar-refractivity contribution in [3.8, 4) is 0 Å². The maximum atomic E-state index is 11.4. The van der Waals surface area contributed by atoms with Crippen molar-refractivity contribution < 1.29 is 29.4 Å². The Morgan fingerprint density at radius 2 is 1.00 bits per heavy atom. The van der Waals surface area contributed by atoms with Crippen LogP contribution >= 0.6 is 0 Å². The van der Waals surface area contributed by atoms with Crippen molar-refractivity contribution in [2.75, 3.05) is 27.2 Å². The van der Waals surface area contributed by atoms with Gasteiger partial charge in [-0.25, -0.2) is 0 Å². The zero-order chi connectivity index (χ0) is 24.8. The molecule has 0 heterocycles. The molecule has 0 fully saturated rings. The van der Waals surface area contributed by atoms with Gasteiger partial charge in [0.05, 0.1) is 0 Å². The van der Waals surface area contributed by atoms with E-state index in [0.717, 1.165) is 38.5 Å². The fourth-order valence-electron chi connectivity index (χ4n) is 2.33. The fraction of sp³-hybridized carbons (Fsp3) is 0.667. The van der Waals surface area contributed by atoms with Crippen LogP contribution in [0.5, 0.6) is 0 Å². The van der Waals surface area contributed by atoms with Crippen molar-refractivity contribution in [2.45, 2.75) is 78.1 Å². The Labute approximate surface area is 229 Å². The molecule has 0 unspecified atom stereocenters. The summed E-state index contributed by atoms with van der Waals surface area (Å²) in [5.41, 5.74) is 0. The van der Waals surface area contributed by atoms with Gasteiger partial charge in [0.15, 0.2) is 0 Å². The molecule has 0 aromatic heterocycles. The van der Waals surface area contributed by atoms with E-state index in [-0.39, 0.29) is 75.5 Å². The van der Waals surface area contributed by atoms with Crippen molar-refractivity contribution in [1.82, 2.24) is 9.80 Å². The first-order chi connectivity index (χ1) is 15.1. The van der Waals surface area contributed by atoms with Crippen LogP contribution in [0.3, 0.4) is 0 Å². The Morgan fingerprint density at radius 3 is 1.27 bits per heavy atom. The van der Waals surface area contributed by atoms with Gasteiger partial charge in [-0.3, -0.25) is 9.59 Å². The molecule has 0 aromatic carbocycles. The quantitative estimate of drug-likeness (QED) is 0.180. The molecule has 0 bridgehead atoms. The molecule has 0 aliphatic carbocycles. The van der Waals surface area contributed by atoms with E-state index >= 15 is 0 Å². The maximum Gasteiger partial charge on any atom is 2.00 e. The van der Waals surface area contributed by atoms with Crippen LogP contribution in [0, 0.1) is 0 Å². The molecule has 9 heteroatoms. The molecule has 2 amide bonds. The summed E-state index contributed by atoms with van der Waals surface area (Å²) in [6, 6.07) is 0. The SMILES string of the molecule is CCCC/C=C/CC(=O)N(C)CCC(=O)[O-].CCCC/C=C/CC(=O)N(C)CCC(=O)[O-].[Ca+2]. The minimum absolute atomic E-state index is 0. The van der Waals surface area contributed by atoms with E-state index in [1.807, 2.05) is 24.3 Å². The van der Waals surface area contributed by atoms with E-state index < -0.39 is 11.9 Å². The summed E-state index contributed by atoms with van der Waals surface area (Å²) in [6.07, 6.45) is 14.7. The first-order valence-electron chi connectivity index (χ1n) is 11.3. The van der Waals surface area contributed by atoms with Crippen molar-refractivity contribution in [3.63, 3.8) is 0 Å². The van der Waals surface area contributed by atoms with E-state index in [1.54, 1.807) is 14.1 Å². The Balaban J connectivity index is -0.000000529. The normalized spacial score (nSPS) is 10.3. The average molecular weight is 493 g/mol. The third-order valence-electron chi connectivity index (χ3n) is 4.52. The van der Waals surface area contributed by atoms with Gasteiger partial charge in [0.2, 0.25) is 11.8 Å². The second-order valence-electron chi connectivity index (χ2n) is 7.51. The van der Waals surface area contributed by atoms with Crippen LogP contribution in [0.2, 0.25) is 0 Å². The zero-order valence-corrected chi connectivity index (χ0v) is 23.1. The van der Waals surface area contributed by atoms with Gasteiger partial charge in [0.1, 0.15) is 0 Å². The third kappa shape index (κ3) is 26.8. The molecule has 0 rings (SSSR count). The predicted molar refractivity (Wildman–Crippen MR) is 127 cm³/mol. The van der Waals surface area contributed by atoms with Gasteiger partial charge >= 0.3 is 37.7 Å². The number of aliphatic carboxylic acids is 2. The minimum Gasteiger partial charge on any atom is -0.550 e. The number of allylic oxidation sites excluding steroid dienone is 2. The molecule has 184 valence electrons. The number of carboxylic acids is 2. The predicted octanol–water partition coefficient (Wildman–Crippen LogP) is 1.06. The third-order valence-corrected chi connectivity index (χ3v) is 4.52. The van der Waals surface area contributed by atoms with Gasteiger partial charge in [-0.1, -0.05) is 63.8 Å². The van der Waals surface area contributed by atoms with Crippen LogP contribution in [0.25, 0.3) is 0 Å². The monoisotopic (exact) mass is 492 g/mol. The summed E-state index contributed by atoms with van der Waals surface area (Å²) in [7, 11) is 3.20. The zero-order valence-electron chi connectivity index (χ0n) is 20.8. The largest absolute Gasteiger partial charge is 2.00 e. The van der Waals surface area contributed by atoms with Crippen molar-refractivity contribution in [3.05, 3.63) is 24.3 Å². The smallest absolute Gasteiger partial charge is 0.550 e. The molecule has 0 radical (unpaired) electrons. The van der Waals surface area contributed by atoms with Gasteiger partial charge in [-0.15, -0.1) is 0 Å². The van der Waals surface area contributed by atoms with Crippen LogP contribution in [0.1, 0.15) is 78.1 Å². The summed E-state index contributed by atoms with van der Waals surface area (Å²) < 4.78 is 0. The average Bonchev–Trinajstić information content (AvgIpc) is 2.75. The first kappa shape index (κ1) is 36.2. The number of carbonyl (C=O) groups excluding carboxylic acids is 4. The van der Waals surface area contributed by atoms with E-state index in [9.17, 15) is 29.4 Å². The molecule has 0 spiro atoms. The van der Waals surface area contributed by atoms with Crippen molar-refractivity contribution >= 4 is 61.5 Å². The molecule has 0 aliphatic rings. The van der Waals surface area contributed by atoms with Crippen molar-refractivity contribution in [2.24, 2.45) is 0 Å². The number of rotatable bonds is 16. The van der Waals surface area contributed by atoms with E-state index in [0.29, 0.717) is 12.8 Å². The summed E-state index contributed by atoms with van der Waals surface area (Å²) in [5.74, 6) is -2.38. The molecule has 33 heavy (non-hydrogen) atoms. The maximum absolute atomic E-state index is 11.4. The van der Waals surface area contributed by atoms with E-state index in [2.05, 4.69) is 13.8 Å². The summed E-state index contributed by atoms with van der Waals surface area (Å²) in [5, 5.41) is 20.4. The first-order valence-corrected chi connectivity index (χ1v) is 11.3. The number of unbranched alkanes of at least 4 members (excludes halogenated alkanes) is 4. The Morgan fingerprint density at radius 1 is 0.667 bits per heavy atom. The minimum atomic E-state index is -1.13. The van der Waals surface area contributed by atoms with E-state index in [4.69, 9.17) is 0 Å². The van der Waals surface area contributed by atoms with Gasteiger partial charge < -0.3 is 29.6 Å². The Kier molecular flexibility index (Phi) is 27.7. The molecular weight excluding hydrogens is 452 g/mol. The number of amides is 2. The number of nitrogens with zero attached hydrogens (tertiary/aromatic N) is 2. The number of carboxylic acid groups (broad SMARTS) is 2. The van der Waals surface area contributed by atoms with Crippen molar-refractivity contribution in [1.29, 1.82) is 0 Å². The molecule has 0 saturated heterocycles.